The predicted octanol–water partition coefficient (Wildman–Crippen LogP) is 4.41. The van der Waals surface area contributed by atoms with E-state index in [4.69, 9.17) is 11.6 Å². The molecule has 0 aliphatic rings. The van der Waals surface area contributed by atoms with Crippen molar-refractivity contribution >= 4 is 28.6 Å². The quantitative estimate of drug-likeness (QED) is 0.716. The summed E-state index contributed by atoms with van der Waals surface area (Å²) in [6.45, 7) is 4.95. The van der Waals surface area contributed by atoms with Crippen LogP contribution in [0.4, 0.5) is 0 Å². The smallest absolute Gasteiger partial charge is 0.175 e. The van der Waals surface area contributed by atoms with Gasteiger partial charge in [-0.25, -0.2) is 0 Å². The van der Waals surface area contributed by atoms with Crippen LogP contribution in [0, 0.1) is 13.8 Å². The number of nitrogens with zero attached hydrogens (tertiary/aromatic N) is 3. The van der Waals surface area contributed by atoms with E-state index in [2.05, 4.69) is 52.9 Å². The highest BCUT2D eigenvalue weighted by atomic mass is 35.5. The van der Waals surface area contributed by atoms with Gasteiger partial charge in [-0.3, -0.25) is 0 Å². The fourth-order valence-electron chi connectivity index (χ4n) is 2.54. The van der Waals surface area contributed by atoms with E-state index in [0.29, 0.717) is 5.15 Å². The highest BCUT2D eigenvalue weighted by Gasteiger charge is 2.13. The van der Waals surface area contributed by atoms with Gasteiger partial charge in [0.1, 0.15) is 0 Å². The molecule has 4 heteroatoms. The zero-order valence-corrected chi connectivity index (χ0v) is 12.8. The zero-order valence-electron chi connectivity index (χ0n) is 12.0. The van der Waals surface area contributed by atoms with Crippen molar-refractivity contribution in [2.75, 3.05) is 0 Å². The lowest BCUT2D eigenvalue weighted by atomic mass is 10.2. The van der Waals surface area contributed by atoms with Crippen molar-refractivity contribution in [1.82, 2.24) is 14.8 Å². The molecule has 0 aliphatic heterocycles. The summed E-state index contributed by atoms with van der Waals surface area (Å²) < 4.78 is 2.18. The van der Waals surface area contributed by atoms with Gasteiger partial charge in [0.05, 0.1) is 11.7 Å². The molecular weight excluding hydrogens is 282 g/mol. The molecular formula is C17H16ClN3. The zero-order chi connectivity index (χ0) is 14.8. The minimum atomic E-state index is 0.455. The number of rotatable bonds is 3. The summed E-state index contributed by atoms with van der Waals surface area (Å²) in [5.41, 5.74) is 4.54. The highest BCUT2D eigenvalue weighted by Crippen LogP contribution is 2.28. The van der Waals surface area contributed by atoms with E-state index in [0.717, 1.165) is 17.4 Å². The normalized spacial score (nSPS) is 11.6. The number of fused-ring (bicyclic) bond motifs is 1. The van der Waals surface area contributed by atoms with Crippen molar-refractivity contribution in [3.05, 3.63) is 64.6 Å². The Morgan fingerprint density at radius 3 is 2.71 bits per heavy atom. The molecule has 0 bridgehead atoms. The first kappa shape index (κ1) is 13.8. The van der Waals surface area contributed by atoms with Crippen LogP contribution >= 0.6 is 11.6 Å². The van der Waals surface area contributed by atoms with Crippen LogP contribution in [0.3, 0.4) is 0 Å². The summed E-state index contributed by atoms with van der Waals surface area (Å²) >= 11 is 6.22. The van der Waals surface area contributed by atoms with Crippen LogP contribution in [-0.4, -0.2) is 14.8 Å². The Bertz CT molecular complexity index is 804. The standard InChI is InChI=1S/C17H16ClN3/c1-12-13(2)21(16-15(12)11-19-20-17(16)18)10-6-9-14-7-4-3-5-8-14/h3-9,11H,10H2,1-2H3/b9-6+. The van der Waals surface area contributed by atoms with E-state index in [1.54, 1.807) is 6.20 Å². The molecule has 2 heterocycles. The Labute approximate surface area is 128 Å². The molecule has 3 aromatic rings. The van der Waals surface area contributed by atoms with Gasteiger partial charge >= 0.3 is 0 Å². The predicted molar refractivity (Wildman–Crippen MR) is 87.5 cm³/mol. The number of aryl methyl sites for hydroxylation is 1. The molecule has 0 amide bonds. The second kappa shape index (κ2) is 5.70. The maximum Gasteiger partial charge on any atom is 0.175 e. The van der Waals surface area contributed by atoms with Crippen LogP contribution in [0.1, 0.15) is 16.8 Å². The van der Waals surface area contributed by atoms with Gasteiger partial charge in [0, 0.05) is 17.6 Å². The third-order valence-electron chi connectivity index (χ3n) is 3.80. The lowest BCUT2D eigenvalue weighted by molar-refractivity contribution is 0.822. The summed E-state index contributed by atoms with van der Waals surface area (Å²) in [7, 11) is 0. The summed E-state index contributed by atoms with van der Waals surface area (Å²) in [4.78, 5) is 0. The van der Waals surface area contributed by atoms with Crippen molar-refractivity contribution in [2.45, 2.75) is 20.4 Å². The fourth-order valence-corrected chi connectivity index (χ4v) is 2.79. The fraction of sp³-hybridized carbons (Fsp3) is 0.176. The lowest BCUT2D eigenvalue weighted by Gasteiger charge is -2.05. The van der Waals surface area contributed by atoms with Crippen molar-refractivity contribution in [1.29, 1.82) is 0 Å². The maximum absolute atomic E-state index is 6.22. The topological polar surface area (TPSA) is 30.7 Å². The first-order valence-electron chi connectivity index (χ1n) is 6.86. The van der Waals surface area contributed by atoms with E-state index in [1.165, 1.54) is 16.8 Å². The molecule has 0 spiro atoms. The molecule has 0 unspecified atom stereocenters. The van der Waals surface area contributed by atoms with Crippen LogP contribution < -0.4 is 0 Å². The van der Waals surface area contributed by atoms with Crippen LogP contribution in [0.5, 0.6) is 0 Å². The van der Waals surface area contributed by atoms with E-state index >= 15 is 0 Å². The second-order valence-corrected chi connectivity index (χ2v) is 5.39. The first-order valence-corrected chi connectivity index (χ1v) is 7.24. The number of aromatic nitrogens is 3. The minimum Gasteiger partial charge on any atom is -0.338 e. The Kier molecular flexibility index (Phi) is 3.76. The Morgan fingerprint density at radius 1 is 1.19 bits per heavy atom. The molecule has 21 heavy (non-hydrogen) atoms. The van der Waals surface area contributed by atoms with Gasteiger partial charge in [0.2, 0.25) is 0 Å². The number of benzene rings is 1. The van der Waals surface area contributed by atoms with Crippen LogP contribution in [-0.2, 0) is 6.54 Å². The van der Waals surface area contributed by atoms with Gasteiger partial charge in [0.15, 0.2) is 5.15 Å². The summed E-state index contributed by atoms with van der Waals surface area (Å²) in [6.07, 6.45) is 6.03. The van der Waals surface area contributed by atoms with Gasteiger partial charge < -0.3 is 4.57 Å². The molecule has 0 radical (unpaired) electrons. The van der Waals surface area contributed by atoms with Crippen LogP contribution in [0.25, 0.3) is 17.0 Å². The molecule has 3 nitrogen and oxygen atoms in total. The molecule has 2 aromatic heterocycles. The molecule has 0 fully saturated rings. The van der Waals surface area contributed by atoms with Gasteiger partial charge in [-0.1, -0.05) is 54.1 Å². The molecule has 0 saturated carbocycles. The van der Waals surface area contributed by atoms with E-state index in [-0.39, 0.29) is 0 Å². The van der Waals surface area contributed by atoms with E-state index in [9.17, 15) is 0 Å². The molecule has 1 aromatic carbocycles. The van der Waals surface area contributed by atoms with Gasteiger partial charge in [-0.05, 0) is 25.0 Å². The van der Waals surface area contributed by atoms with Gasteiger partial charge in [-0.15, -0.1) is 5.10 Å². The van der Waals surface area contributed by atoms with Crippen molar-refractivity contribution in [3.8, 4) is 0 Å². The number of hydrogen-bond acceptors (Lipinski definition) is 2. The van der Waals surface area contributed by atoms with Gasteiger partial charge in [-0.2, -0.15) is 5.10 Å². The molecule has 3 rings (SSSR count). The number of halogens is 1. The highest BCUT2D eigenvalue weighted by molar-refractivity contribution is 6.33. The Hall–Kier alpha value is -2.13. The van der Waals surface area contributed by atoms with Crippen LogP contribution in [0.2, 0.25) is 5.15 Å². The largest absolute Gasteiger partial charge is 0.338 e. The van der Waals surface area contributed by atoms with Gasteiger partial charge in [0.25, 0.3) is 0 Å². The molecule has 106 valence electrons. The van der Waals surface area contributed by atoms with E-state index in [1.807, 2.05) is 18.2 Å². The summed E-state index contributed by atoms with van der Waals surface area (Å²) in [5, 5.41) is 9.43. The molecule has 0 N–H and O–H groups in total. The average Bonchev–Trinajstić information content (AvgIpc) is 2.75. The monoisotopic (exact) mass is 297 g/mol. The SMILES string of the molecule is Cc1c(C)n(C/C=C/c2ccccc2)c2c(Cl)nncc12. The number of hydrogen-bond donors (Lipinski definition) is 0. The third-order valence-corrected chi connectivity index (χ3v) is 4.06. The molecule has 0 aliphatic carbocycles. The Balaban J connectivity index is 1.98. The average molecular weight is 298 g/mol. The van der Waals surface area contributed by atoms with Crippen molar-refractivity contribution in [2.24, 2.45) is 0 Å². The van der Waals surface area contributed by atoms with E-state index < -0.39 is 0 Å². The minimum absolute atomic E-state index is 0.455. The third kappa shape index (κ3) is 2.57. The van der Waals surface area contributed by atoms with Crippen molar-refractivity contribution in [3.63, 3.8) is 0 Å². The summed E-state index contributed by atoms with van der Waals surface area (Å²) in [5.74, 6) is 0. The Morgan fingerprint density at radius 2 is 1.95 bits per heavy atom. The first-order chi connectivity index (χ1) is 10.2. The second-order valence-electron chi connectivity index (χ2n) is 5.03. The lowest BCUT2D eigenvalue weighted by Crippen LogP contribution is -1.99. The number of allylic oxidation sites excluding steroid dienone is 1. The van der Waals surface area contributed by atoms with Crippen LogP contribution in [0.15, 0.2) is 42.6 Å². The van der Waals surface area contributed by atoms with Crippen molar-refractivity contribution < 1.29 is 0 Å². The maximum atomic E-state index is 6.22. The molecule has 0 saturated heterocycles. The summed E-state index contributed by atoms with van der Waals surface area (Å²) in [6, 6.07) is 10.3. The molecule has 0 atom stereocenters.